The number of aromatic amines is 1. The Labute approximate surface area is 130 Å². The average Bonchev–Trinajstić information content (AvgIpc) is 2.47. The SMILES string of the molecule is Cc1cccc2c(=O)[nH]c(-c3ccc(OP(=O)(O)O)cc3)nc12. The lowest BCUT2D eigenvalue weighted by atomic mass is 10.1. The Bertz CT molecular complexity index is 975. The summed E-state index contributed by atoms with van der Waals surface area (Å²) in [4.78, 5) is 36.9. The number of hydrogen-bond acceptors (Lipinski definition) is 4. The molecule has 118 valence electrons. The van der Waals surface area contributed by atoms with Gasteiger partial charge < -0.3 is 9.51 Å². The van der Waals surface area contributed by atoms with E-state index in [0.29, 0.717) is 22.3 Å². The lowest BCUT2D eigenvalue weighted by Gasteiger charge is -2.08. The Hall–Kier alpha value is -2.47. The second-order valence-electron chi connectivity index (χ2n) is 4.99. The monoisotopic (exact) mass is 332 g/mol. The van der Waals surface area contributed by atoms with Crippen LogP contribution in [0.1, 0.15) is 5.56 Å². The van der Waals surface area contributed by atoms with Gasteiger partial charge in [-0.15, -0.1) is 0 Å². The van der Waals surface area contributed by atoms with Gasteiger partial charge in [0.25, 0.3) is 5.56 Å². The van der Waals surface area contributed by atoms with Gasteiger partial charge in [0, 0.05) is 5.56 Å². The third kappa shape index (κ3) is 3.32. The standard InChI is InChI=1S/C15H13N2O5P/c1-9-3-2-4-12-13(9)16-14(17-15(12)18)10-5-7-11(8-6-10)22-23(19,20)21/h2-8H,1H3,(H,16,17,18)(H2,19,20,21). The van der Waals surface area contributed by atoms with Gasteiger partial charge in [-0.05, 0) is 42.8 Å². The van der Waals surface area contributed by atoms with Gasteiger partial charge in [0.1, 0.15) is 11.6 Å². The molecule has 3 N–H and O–H groups in total. The predicted octanol–water partition coefficient (Wildman–Crippen LogP) is 2.37. The smallest absolute Gasteiger partial charge is 0.404 e. The van der Waals surface area contributed by atoms with Gasteiger partial charge in [0.15, 0.2) is 0 Å². The van der Waals surface area contributed by atoms with E-state index in [1.54, 1.807) is 24.3 Å². The molecule has 0 spiro atoms. The Morgan fingerprint density at radius 3 is 2.48 bits per heavy atom. The maximum absolute atomic E-state index is 12.2. The zero-order valence-corrected chi connectivity index (χ0v) is 12.9. The summed E-state index contributed by atoms with van der Waals surface area (Å²) < 4.78 is 15.3. The zero-order valence-electron chi connectivity index (χ0n) is 12.1. The molecule has 0 aliphatic rings. The molecular formula is C15H13N2O5P. The molecule has 3 aromatic rings. The normalized spacial score (nSPS) is 11.6. The number of nitrogens with one attached hydrogen (secondary N) is 1. The first kappa shape index (κ1) is 15.4. The van der Waals surface area contributed by atoms with Gasteiger partial charge in [-0.1, -0.05) is 12.1 Å². The molecule has 0 fully saturated rings. The lowest BCUT2D eigenvalue weighted by molar-refractivity contribution is 0.283. The van der Waals surface area contributed by atoms with Gasteiger partial charge in [-0.3, -0.25) is 14.6 Å². The second kappa shape index (κ2) is 5.62. The summed E-state index contributed by atoms with van der Waals surface area (Å²) >= 11 is 0. The minimum Gasteiger partial charge on any atom is -0.404 e. The maximum atomic E-state index is 12.2. The lowest BCUT2D eigenvalue weighted by Crippen LogP contribution is -2.10. The predicted molar refractivity (Wildman–Crippen MR) is 85.2 cm³/mol. The fourth-order valence-corrected chi connectivity index (χ4v) is 2.65. The van der Waals surface area contributed by atoms with Gasteiger partial charge >= 0.3 is 7.82 Å². The van der Waals surface area contributed by atoms with Crippen LogP contribution in [0.3, 0.4) is 0 Å². The van der Waals surface area contributed by atoms with Crippen LogP contribution in [0.25, 0.3) is 22.3 Å². The highest BCUT2D eigenvalue weighted by Gasteiger charge is 2.16. The van der Waals surface area contributed by atoms with Crippen molar-refractivity contribution >= 4 is 18.7 Å². The maximum Gasteiger partial charge on any atom is 0.524 e. The van der Waals surface area contributed by atoms with Crippen LogP contribution >= 0.6 is 7.82 Å². The fourth-order valence-electron chi connectivity index (χ4n) is 2.25. The molecule has 7 nitrogen and oxygen atoms in total. The van der Waals surface area contributed by atoms with Crippen molar-refractivity contribution in [1.29, 1.82) is 0 Å². The second-order valence-corrected chi connectivity index (χ2v) is 6.16. The van der Waals surface area contributed by atoms with Crippen LogP contribution in [0.4, 0.5) is 0 Å². The van der Waals surface area contributed by atoms with Gasteiger partial charge in [-0.25, -0.2) is 9.55 Å². The third-order valence-electron chi connectivity index (χ3n) is 3.29. The van der Waals surface area contributed by atoms with E-state index in [-0.39, 0.29) is 11.3 Å². The van der Waals surface area contributed by atoms with Crippen LogP contribution in [-0.4, -0.2) is 19.8 Å². The van der Waals surface area contributed by atoms with E-state index in [2.05, 4.69) is 14.5 Å². The first-order chi connectivity index (χ1) is 10.8. The van der Waals surface area contributed by atoms with Gasteiger partial charge in [0.05, 0.1) is 10.9 Å². The highest BCUT2D eigenvalue weighted by atomic mass is 31.2. The minimum absolute atomic E-state index is 0.0291. The molecular weight excluding hydrogens is 319 g/mol. The highest BCUT2D eigenvalue weighted by Crippen LogP contribution is 2.37. The molecule has 0 radical (unpaired) electrons. The molecule has 2 aromatic carbocycles. The largest absolute Gasteiger partial charge is 0.524 e. The molecule has 23 heavy (non-hydrogen) atoms. The molecule has 0 saturated heterocycles. The van der Waals surface area contributed by atoms with Crippen molar-refractivity contribution in [2.24, 2.45) is 0 Å². The molecule has 0 atom stereocenters. The van der Waals surface area contributed by atoms with Crippen LogP contribution < -0.4 is 10.1 Å². The van der Waals surface area contributed by atoms with E-state index in [4.69, 9.17) is 9.79 Å². The summed E-state index contributed by atoms with van der Waals surface area (Å²) in [5, 5.41) is 0.509. The number of nitrogens with zero attached hydrogens (tertiary/aromatic N) is 1. The molecule has 8 heteroatoms. The van der Waals surface area contributed by atoms with E-state index < -0.39 is 7.82 Å². The van der Waals surface area contributed by atoms with Crippen LogP contribution in [0, 0.1) is 6.92 Å². The molecule has 0 unspecified atom stereocenters. The summed E-state index contributed by atoms with van der Waals surface area (Å²) in [7, 11) is -4.60. The number of fused-ring (bicyclic) bond motifs is 1. The highest BCUT2D eigenvalue weighted by molar-refractivity contribution is 7.46. The number of phosphoric acid groups is 1. The summed E-state index contributed by atoms with van der Waals surface area (Å²) in [5.41, 5.74) is 1.85. The Morgan fingerprint density at radius 2 is 1.83 bits per heavy atom. The molecule has 1 heterocycles. The van der Waals surface area contributed by atoms with Crippen molar-refractivity contribution < 1.29 is 18.9 Å². The van der Waals surface area contributed by atoms with Crippen LogP contribution in [0.2, 0.25) is 0 Å². The van der Waals surface area contributed by atoms with Crippen molar-refractivity contribution in [2.45, 2.75) is 6.92 Å². The number of H-pyrrole nitrogens is 1. The number of benzene rings is 2. The molecule has 0 saturated carbocycles. The number of para-hydroxylation sites is 1. The first-order valence-electron chi connectivity index (χ1n) is 6.69. The van der Waals surface area contributed by atoms with Crippen molar-refractivity contribution in [3.8, 4) is 17.1 Å². The minimum atomic E-state index is -4.60. The van der Waals surface area contributed by atoms with Crippen molar-refractivity contribution in [2.75, 3.05) is 0 Å². The third-order valence-corrected chi connectivity index (χ3v) is 3.74. The first-order valence-corrected chi connectivity index (χ1v) is 8.22. The zero-order chi connectivity index (χ0) is 16.6. The van der Waals surface area contributed by atoms with E-state index >= 15 is 0 Å². The van der Waals surface area contributed by atoms with E-state index in [1.807, 2.05) is 13.0 Å². The fraction of sp³-hybridized carbons (Fsp3) is 0.0667. The topological polar surface area (TPSA) is 113 Å². The molecule has 0 aliphatic heterocycles. The molecule has 0 aliphatic carbocycles. The summed E-state index contributed by atoms with van der Waals surface area (Å²) in [6, 6.07) is 11.3. The number of aryl methyl sites for hydroxylation is 1. The number of aromatic nitrogens is 2. The Kier molecular flexibility index (Phi) is 3.77. The van der Waals surface area contributed by atoms with E-state index in [9.17, 15) is 9.36 Å². The Morgan fingerprint density at radius 1 is 1.13 bits per heavy atom. The molecule has 1 aromatic heterocycles. The van der Waals surface area contributed by atoms with Gasteiger partial charge in [-0.2, -0.15) is 0 Å². The quantitative estimate of drug-likeness (QED) is 0.635. The van der Waals surface area contributed by atoms with E-state index in [1.165, 1.54) is 12.1 Å². The summed E-state index contributed by atoms with van der Waals surface area (Å²) in [5.74, 6) is 0.404. The van der Waals surface area contributed by atoms with Crippen molar-refractivity contribution in [1.82, 2.24) is 9.97 Å². The molecule has 0 bridgehead atoms. The van der Waals surface area contributed by atoms with E-state index in [0.717, 1.165) is 5.56 Å². The summed E-state index contributed by atoms with van der Waals surface area (Å²) in [6.07, 6.45) is 0. The van der Waals surface area contributed by atoms with Crippen molar-refractivity contribution in [3.63, 3.8) is 0 Å². The van der Waals surface area contributed by atoms with Crippen LogP contribution in [-0.2, 0) is 4.57 Å². The van der Waals surface area contributed by atoms with Crippen molar-refractivity contribution in [3.05, 3.63) is 58.4 Å². The summed E-state index contributed by atoms with van der Waals surface area (Å²) in [6.45, 7) is 1.87. The molecule has 3 rings (SSSR count). The van der Waals surface area contributed by atoms with Crippen LogP contribution in [0.5, 0.6) is 5.75 Å². The molecule has 0 amide bonds. The number of hydrogen-bond donors (Lipinski definition) is 3. The van der Waals surface area contributed by atoms with Gasteiger partial charge in [0.2, 0.25) is 0 Å². The Balaban J connectivity index is 2.05. The average molecular weight is 332 g/mol. The van der Waals surface area contributed by atoms with Crippen LogP contribution in [0.15, 0.2) is 47.3 Å². The number of rotatable bonds is 3. The number of phosphoric ester groups is 1.